The number of fused-ring (bicyclic) bond motifs is 2. The molecule has 121 heavy (non-hydrogen) atoms. The van der Waals surface area contributed by atoms with Gasteiger partial charge in [-0.2, -0.15) is 13.0 Å². The predicted molar refractivity (Wildman–Crippen MR) is 456 cm³/mol. The number of methoxy groups -OCH3 is 1. The van der Waals surface area contributed by atoms with Crippen LogP contribution in [0.25, 0.3) is 0 Å². The number of nitrogens with two attached hydrogens (primary N) is 1. The van der Waals surface area contributed by atoms with Crippen molar-refractivity contribution in [1.82, 2.24) is 10.7 Å². The van der Waals surface area contributed by atoms with Crippen LogP contribution in [0.4, 0.5) is 11.4 Å². The number of hydrogen-bond acceptors (Lipinski definition) is 30. The molecule has 2 aliphatic rings. The first-order valence-corrected chi connectivity index (χ1v) is 44.7. The Morgan fingerprint density at radius 2 is 0.752 bits per heavy atom. The molecule has 2 heterocycles. The van der Waals surface area contributed by atoms with E-state index in [9.17, 15) is 22.6 Å². The predicted octanol–water partition coefficient (Wildman–Crippen LogP) is 6.23. The lowest BCUT2D eigenvalue weighted by molar-refractivity contribution is -0.438. The van der Waals surface area contributed by atoms with Gasteiger partial charge in [0.15, 0.2) is 5.71 Å². The average molecular weight is 1750 g/mol. The van der Waals surface area contributed by atoms with Crippen LogP contribution < -0.4 is 21.5 Å². The third-order valence-electron chi connectivity index (χ3n) is 19.1. The fourth-order valence-electron chi connectivity index (χ4n) is 12.7. The summed E-state index contributed by atoms with van der Waals surface area (Å²) in [6.07, 6.45) is 15.0. The van der Waals surface area contributed by atoms with E-state index in [1.165, 1.54) is 23.0 Å². The molecule has 0 saturated heterocycles. The number of rotatable bonds is 89. The maximum absolute atomic E-state index is 12.7. The van der Waals surface area contributed by atoms with Gasteiger partial charge in [-0.05, 0) is 69.7 Å². The molecule has 4 rings (SSSR count). The largest absolute Gasteiger partial charge is 0.382 e. The van der Waals surface area contributed by atoms with Gasteiger partial charge in [0.1, 0.15) is 6.54 Å². The van der Waals surface area contributed by atoms with Crippen molar-refractivity contribution in [2.45, 2.75) is 107 Å². The normalized spacial score (nSPS) is 14.4. The van der Waals surface area contributed by atoms with Crippen LogP contribution in [-0.2, 0) is 144 Å². The molecule has 698 valence electrons. The number of unbranched alkanes of at least 4 members (excludes halogenated alkanes) is 4. The Kier molecular flexibility index (Phi) is 66.7. The Morgan fingerprint density at radius 1 is 0.421 bits per heavy atom. The molecule has 0 aliphatic carbocycles. The highest BCUT2D eigenvalue weighted by molar-refractivity contribution is 7.85. The highest BCUT2D eigenvalue weighted by Gasteiger charge is 2.45. The standard InChI is InChI=1S/C86H149N5O29S/c1-85(2)77-17-13-14-18-79(77)90(26-16-8-12-22-84(93)89-87)81(85)19-9-6-10-20-82-86(3,4)78-75-76(121(94,95)96)23-24-80(78)91(82)27-15-7-11-21-83(92)88-25-28-98-31-32-100-35-36-102-39-40-104-43-44-106-47-48-108-51-52-110-55-56-112-59-60-114-63-64-116-67-68-118-71-72-120-74-73-119-70-69-117-66-65-115-62-61-113-58-57-111-54-53-109-50-49-107-46-45-105-42-41-103-38-37-101-34-33-99-30-29-97-5/h6,9-10,13-14,17-19,23-24,75,82H,7-8,11-12,15-16,20-22,25-74,87H2,1-5H3,(H2-,88,89,92,93,94,95,96)/p+1. The minimum atomic E-state index is -4.40. The SMILES string of the molecule is COCCOCCOCCOCCOCCOCCOCCOCCOCCOCCOCCOCCOCCOCCOCCOCCOCCOCCOCCOCCOCCOCCOCCOCCNC(=O)CCCCCN1c2ccc(S(=O)(=O)O)cc2C(C)(C)C1CC=CC=CC1=[N+](CCCCCC(=O)NN)c2ccccc2C1(C)C. The summed E-state index contributed by atoms with van der Waals surface area (Å²) < 4.78 is 169. The van der Waals surface area contributed by atoms with Crippen LogP contribution in [-0.4, -0.2) is 378 Å². The van der Waals surface area contributed by atoms with E-state index in [-0.39, 0.29) is 28.2 Å². The number of carbonyl (C=O) groups is 2. The number of hydrogen-bond donors (Lipinski definition) is 4. The van der Waals surface area contributed by atoms with Crippen molar-refractivity contribution in [3.05, 3.63) is 77.9 Å². The van der Waals surface area contributed by atoms with E-state index in [2.05, 4.69) is 96.5 Å². The first-order valence-electron chi connectivity index (χ1n) is 43.2. The Hall–Kier alpha value is -4.76. The smallest absolute Gasteiger partial charge is 0.294 e. The number of amides is 2. The van der Waals surface area contributed by atoms with Crippen molar-refractivity contribution in [3.8, 4) is 0 Å². The second-order valence-electron chi connectivity index (χ2n) is 28.9. The Bertz CT molecular complexity index is 3050. The molecule has 2 aromatic rings. The number of para-hydroxylation sites is 1. The van der Waals surface area contributed by atoms with Crippen LogP contribution in [0.3, 0.4) is 0 Å². The summed E-state index contributed by atoms with van der Waals surface area (Å²) in [4.78, 5) is 26.6. The number of benzene rings is 2. The van der Waals surface area contributed by atoms with Gasteiger partial charge in [0, 0.05) is 74.3 Å². The summed E-state index contributed by atoms with van der Waals surface area (Å²) in [6, 6.07) is 13.4. The second kappa shape index (κ2) is 74.3. The molecule has 35 heteroatoms. The molecule has 2 aliphatic heterocycles. The molecule has 1 unspecified atom stereocenters. The van der Waals surface area contributed by atoms with Crippen LogP contribution in [0.15, 0.2) is 71.7 Å². The molecule has 0 bridgehead atoms. The van der Waals surface area contributed by atoms with Gasteiger partial charge in [0.25, 0.3) is 10.1 Å². The molecule has 2 amide bonds. The molecule has 1 atom stereocenters. The van der Waals surface area contributed by atoms with E-state index in [0.29, 0.717) is 343 Å². The van der Waals surface area contributed by atoms with Gasteiger partial charge in [-0.25, -0.2) is 5.84 Å². The Labute approximate surface area is 720 Å². The molecular formula is C86H150N5O29S+. The summed E-state index contributed by atoms with van der Waals surface area (Å²) >= 11 is 0. The topological polar surface area (TPSA) is 366 Å². The zero-order valence-corrected chi connectivity index (χ0v) is 74.2. The van der Waals surface area contributed by atoms with E-state index in [4.69, 9.17) is 120 Å². The van der Waals surface area contributed by atoms with Gasteiger partial charge in [0.2, 0.25) is 17.5 Å². The van der Waals surface area contributed by atoms with E-state index in [0.717, 1.165) is 56.3 Å². The van der Waals surface area contributed by atoms with Gasteiger partial charge in [-0.1, -0.05) is 56.7 Å². The first kappa shape index (κ1) is 109. The maximum atomic E-state index is 12.7. The van der Waals surface area contributed by atoms with Gasteiger partial charge in [-0.15, -0.1) is 0 Å². The molecule has 0 aromatic heterocycles. The van der Waals surface area contributed by atoms with E-state index >= 15 is 0 Å². The highest BCUT2D eigenvalue weighted by Crippen LogP contribution is 2.48. The highest BCUT2D eigenvalue weighted by atomic mass is 32.2. The molecule has 34 nitrogen and oxygen atoms in total. The van der Waals surface area contributed by atoms with Gasteiger partial charge in [-0.3, -0.25) is 19.6 Å². The lowest BCUT2D eigenvalue weighted by Gasteiger charge is -2.34. The summed E-state index contributed by atoms with van der Waals surface area (Å²) in [5.74, 6) is 5.10. The average Bonchev–Trinajstić information content (AvgIpc) is 1.58. The number of ether oxygens (including phenoxy) is 24. The summed E-state index contributed by atoms with van der Waals surface area (Å²) in [7, 11) is -2.76. The third-order valence-corrected chi connectivity index (χ3v) is 19.9. The molecule has 0 spiro atoms. The molecule has 0 radical (unpaired) electrons. The zero-order chi connectivity index (χ0) is 86.7. The Balaban J connectivity index is 0.800. The maximum Gasteiger partial charge on any atom is 0.294 e. The molecule has 5 N–H and O–H groups in total. The number of hydrazine groups is 1. The summed E-state index contributed by atoms with van der Waals surface area (Å²) in [5.41, 5.74) is 7.05. The fraction of sp³-hybridized carbons (Fsp3) is 0.779. The van der Waals surface area contributed by atoms with Crippen LogP contribution in [0.2, 0.25) is 0 Å². The van der Waals surface area contributed by atoms with Crippen LogP contribution in [0.1, 0.15) is 96.6 Å². The second-order valence-corrected chi connectivity index (χ2v) is 30.3. The molecule has 0 saturated carbocycles. The van der Waals surface area contributed by atoms with Crippen molar-refractivity contribution in [2.24, 2.45) is 5.84 Å². The first-order chi connectivity index (χ1) is 59.2. The number of anilines is 1. The van der Waals surface area contributed by atoms with Crippen molar-refractivity contribution >= 4 is 39.0 Å². The molecular weight excluding hydrogens is 1600 g/mol. The van der Waals surface area contributed by atoms with Crippen molar-refractivity contribution < 1.29 is 141 Å². The van der Waals surface area contributed by atoms with Crippen LogP contribution in [0.5, 0.6) is 0 Å². The quantitative estimate of drug-likeness (QED) is 0.0108. The van der Waals surface area contributed by atoms with Crippen LogP contribution >= 0.6 is 0 Å². The monoisotopic (exact) mass is 1750 g/mol. The molecule has 2 aromatic carbocycles. The minimum Gasteiger partial charge on any atom is -0.382 e. The van der Waals surface area contributed by atoms with Gasteiger partial charge >= 0.3 is 0 Å². The third kappa shape index (κ3) is 54.1. The van der Waals surface area contributed by atoms with E-state index in [1.54, 1.807) is 19.2 Å². The van der Waals surface area contributed by atoms with Crippen molar-refractivity contribution in [1.29, 1.82) is 0 Å². The summed E-state index contributed by atoms with van der Waals surface area (Å²) in [6.45, 7) is 33.0. The van der Waals surface area contributed by atoms with Gasteiger partial charge in [0.05, 0.1) is 321 Å². The fourth-order valence-corrected chi connectivity index (χ4v) is 13.2. The lowest BCUT2D eigenvalue weighted by Crippen LogP contribution is -2.41. The minimum absolute atomic E-state index is 0.00592. The number of carbonyl (C=O) groups excluding carboxylic acids is 2. The number of allylic oxidation sites excluding steroid dienone is 3. The van der Waals surface area contributed by atoms with Crippen LogP contribution in [0, 0.1) is 0 Å². The Morgan fingerprint density at radius 3 is 1.10 bits per heavy atom. The zero-order valence-electron chi connectivity index (χ0n) is 73.4. The summed E-state index contributed by atoms with van der Waals surface area (Å²) in [5, 5.41) is 2.95. The molecule has 0 fully saturated rings. The van der Waals surface area contributed by atoms with Gasteiger partial charge < -0.3 is 124 Å². The van der Waals surface area contributed by atoms with Crippen molar-refractivity contribution in [2.75, 3.05) is 342 Å². The number of nitrogens with zero attached hydrogens (tertiary/aromatic N) is 2. The van der Waals surface area contributed by atoms with E-state index in [1.807, 2.05) is 0 Å². The lowest BCUT2D eigenvalue weighted by atomic mass is 9.79. The van der Waals surface area contributed by atoms with E-state index < -0.39 is 15.5 Å². The number of nitrogens with one attached hydrogen (secondary N) is 2. The van der Waals surface area contributed by atoms with Crippen molar-refractivity contribution in [3.63, 3.8) is 0 Å².